The summed E-state index contributed by atoms with van der Waals surface area (Å²) in [5.74, 6) is 0.184. The lowest BCUT2D eigenvalue weighted by molar-refractivity contribution is -0.0970. The van der Waals surface area contributed by atoms with Gasteiger partial charge in [-0.3, -0.25) is 0 Å². The first kappa shape index (κ1) is 33.4. The molecule has 0 bridgehead atoms. The van der Waals surface area contributed by atoms with E-state index in [0.29, 0.717) is 49.1 Å². The van der Waals surface area contributed by atoms with E-state index in [1.807, 2.05) is 48.1 Å². The molecule has 1 aliphatic rings. The van der Waals surface area contributed by atoms with Crippen molar-refractivity contribution in [3.8, 4) is 17.0 Å². The predicted octanol–water partition coefficient (Wildman–Crippen LogP) is 4.53. The average Bonchev–Trinajstić information content (AvgIpc) is 3.41. The van der Waals surface area contributed by atoms with Gasteiger partial charge >= 0.3 is 12.0 Å². The molecule has 14 nitrogen and oxygen atoms in total. The Kier molecular flexibility index (Phi) is 10.8. The molecule has 5 rings (SSSR count). The van der Waals surface area contributed by atoms with E-state index in [0.717, 1.165) is 22.2 Å². The van der Waals surface area contributed by atoms with Crippen molar-refractivity contribution in [1.82, 2.24) is 19.9 Å². The second-order valence-corrected chi connectivity index (χ2v) is 11.1. The van der Waals surface area contributed by atoms with E-state index >= 15 is 0 Å². The van der Waals surface area contributed by atoms with E-state index < -0.39 is 18.3 Å². The van der Waals surface area contributed by atoms with Crippen LogP contribution in [0.3, 0.4) is 0 Å². The third-order valence-electron chi connectivity index (χ3n) is 7.62. The van der Waals surface area contributed by atoms with Gasteiger partial charge in [0.1, 0.15) is 11.3 Å². The highest BCUT2D eigenvalue weighted by Crippen LogP contribution is 2.39. The van der Waals surface area contributed by atoms with Crippen molar-refractivity contribution < 1.29 is 33.3 Å². The molecule has 250 valence electrons. The van der Waals surface area contributed by atoms with Crippen LogP contribution in [0.25, 0.3) is 22.2 Å². The first-order chi connectivity index (χ1) is 22.7. The molecule has 0 spiro atoms. The van der Waals surface area contributed by atoms with Crippen LogP contribution >= 0.6 is 0 Å². The smallest absolute Gasteiger partial charge is 0.342 e. The third kappa shape index (κ3) is 7.73. The molecule has 2 aromatic heterocycles. The Balaban J connectivity index is 1.54. The Morgan fingerprint density at radius 3 is 2.49 bits per heavy atom. The first-order valence-corrected chi connectivity index (χ1v) is 15.3. The summed E-state index contributed by atoms with van der Waals surface area (Å²) in [6.07, 6.45) is 2.47. The molecule has 0 aliphatic carbocycles. The number of hydrogen-bond acceptors (Lipinski definition) is 11. The van der Waals surface area contributed by atoms with Crippen molar-refractivity contribution in [2.45, 2.75) is 26.2 Å². The number of amides is 2. The monoisotopic (exact) mass is 647 g/mol. The number of para-hydroxylation sites is 1. The Hall–Kier alpha value is -4.92. The topological polar surface area (TPSA) is 150 Å². The SMILES string of the molecule is COc1cc(N2CCOCC2)c(NC(=O)NCC(OC)OC)cc1Nc1ncc(C(=O)OC(C)C)c(-c2cn(C)c3ccccc23)n1. The van der Waals surface area contributed by atoms with E-state index in [2.05, 4.69) is 25.8 Å². The maximum Gasteiger partial charge on any atom is 0.342 e. The zero-order valence-electron chi connectivity index (χ0n) is 27.5. The van der Waals surface area contributed by atoms with Gasteiger partial charge in [0.15, 0.2) is 6.29 Å². The van der Waals surface area contributed by atoms with E-state index in [-0.39, 0.29) is 24.2 Å². The number of aromatic nitrogens is 3. The standard InChI is InChI=1S/C33H41N7O7/c1-20(2)47-31(41)22-17-34-32(38-30(22)23-19-39(3)26-10-8-7-9-21(23)26)36-25-15-24(37-33(42)35-18-29(44-5)45-6)27(16-28(25)43-4)40-11-13-46-14-12-40/h7-10,15-17,19-20,29H,11-14,18H2,1-6H3,(H,34,36,38)(H2,35,37,42). The van der Waals surface area contributed by atoms with Gasteiger partial charge in [-0.25, -0.2) is 19.6 Å². The fourth-order valence-corrected chi connectivity index (χ4v) is 5.33. The number of carbonyl (C=O) groups excluding carboxylic acids is 2. The summed E-state index contributed by atoms with van der Waals surface area (Å²) in [5.41, 5.74) is 4.15. The molecular weight excluding hydrogens is 606 g/mol. The number of methoxy groups -OCH3 is 3. The Morgan fingerprint density at radius 1 is 1.04 bits per heavy atom. The number of hydrogen-bond donors (Lipinski definition) is 3. The summed E-state index contributed by atoms with van der Waals surface area (Å²) >= 11 is 0. The molecule has 1 saturated heterocycles. The lowest BCUT2D eigenvalue weighted by Gasteiger charge is -2.31. The molecule has 1 aliphatic heterocycles. The van der Waals surface area contributed by atoms with Crippen LogP contribution < -0.4 is 25.6 Å². The highest BCUT2D eigenvalue weighted by atomic mass is 16.7. The van der Waals surface area contributed by atoms with E-state index in [4.69, 9.17) is 28.7 Å². The molecule has 1 fully saturated rings. The maximum atomic E-state index is 13.2. The average molecular weight is 648 g/mol. The number of benzene rings is 2. The van der Waals surface area contributed by atoms with Crippen LogP contribution in [0, 0.1) is 0 Å². The van der Waals surface area contributed by atoms with Gasteiger partial charge in [-0.05, 0) is 26.0 Å². The van der Waals surface area contributed by atoms with E-state index in [9.17, 15) is 9.59 Å². The lowest BCUT2D eigenvalue weighted by atomic mass is 10.1. The largest absolute Gasteiger partial charge is 0.494 e. The van der Waals surface area contributed by atoms with E-state index in [1.165, 1.54) is 20.4 Å². The summed E-state index contributed by atoms with van der Waals surface area (Å²) in [4.78, 5) is 37.6. The fourth-order valence-electron chi connectivity index (χ4n) is 5.33. The molecule has 14 heteroatoms. The first-order valence-electron chi connectivity index (χ1n) is 15.3. The van der Waals surface area contributed by atoms with Gasteiger partial charge in [0.05, 0.1) is 55.7 Å². The van der Waals surface area contributed by atoms with Gasteiger partial charge in [-0.2, -0.15) is 0 Å². The normalized spacial score (nSPS) is 13.2. The van der Waals surface area contributed by atoms with Crippen LogP contribution in [0.15, 0.2) is 48.8 Å². The second-order valence-electron chi connectivity index (χ2n) is 11.1. The fraction of sp³-hybridized carbons (Fsp3) is 0.394. The number of esters is 1. The van der Waals surface area contributed by atoms with Crippen LogP contribution in [0.2, 0.25) is 0 Å². The molecule has 47 heavy (non-hydrogen) atoms. The minimum Gasteiger partial charge on any atom is -0.494 e. The number of ether oxygens (including phenoxy) is 5. The molecule has 0 radical (unpaired) electrons. The summed E-state index contributed by atoms with van der Waals surface area (Å²) in [7, 11) is 6.50. The van der Waals surface area contributed by atoms with Crippen LogP contribution in [0.1, 0.15) is 24.2 Å². The van der Waals surface area contributed by atoms with Gasteiger partial charge in [0.25, 0.3) is 0 Å². The molecule has 2 aromatic carbocycles. The van der Waals surface area contributed by atoms with Crippen molar-refractivity contribution in [3.05, 3.63) is 54.4 Å². The predicted molar refractivity (Wildman–Crippen MR) is 179 cm³/mol. The Morgan fingerprint density at radius 2 is 1.79 bits per heavy atom. The maximum absolute atomic E-state index is 13.2. The molecule has 0 atom stereocenters. The highest BCUT2D eigenvalue weighted by molar-refractivity contribution is 6.03. The van der Waals surface area contributed by atoms with Crippen molar-refractivity contribution >= 4 is 45.9 Å². The highest BCUT2D eigenvalue weighted by Gasteiger charge is 2.24. The number of aryl methyl sites for hydroxylation is 1. The summed E-state index contributed by atoms with van der Waals surface area (Å²) in [6, 6.07) is 11.0. The number of carbonyl (C=O) groups is 2. The number of nitrogens with zero attached hydrogens (tertiary/aromatic N) is 4. The van der Waals surface area contributed by atoms with Crippen LogP contribution in [0.4, 0.5) is 27.8 Å². The molecule has 3 heterocycles. The molecule has 4 aromatic rings. The van der Waals surface area contributed by atoms with Crippen molar-refractivity contribution in [2.75, 3.05) is 69.7 Å². The zero-order chi connectivity index (χ0) is 33.5. The number of nitrogens with one attached hydrogen (secondary N) is 3. The second kappa shape index (κ2) is 15.1. The lowest BCUT2D eigenvalue weighted by Crippen LogP contribution is -2.39. The molecular formula is C33H41N7O7. The minimum absolute atomic E-state index is 0.142. The number of morpholine rings is 1. The van der Waals surface area contributed by atoms with Crippen LogP contribution in [0.5, 0.6) is 5.75 Å². The van der Waals surface area contributed by atoms with Gasteiger partial charge < -0.3 is 49.1 Å². The molecule has 3 N–H and O–H groups in total. The van der Waals surface area contributed by atoms with Crippen molar-refractivity contribution in [3.63, 3.8) is 0 Å². The molecule has 0 unspecified atom stereocenters. The van der Waals surface area contributed by atoms with Crippen molar-refractivity contribution in [2.24, 2.45) is 7.05 Å². The quantitative estimate of drug-likeness (QED) is 0.147. The molecule has 0 saturated carbocycles. The summed E-state index contributed by atoms with van der Waals surface area (Å²) in [5, 5.41) is 9.89. The minimum atomic E-state index is -0.596. The number of anilines is 4. The summed E-state index contributed by atoms with van der Waals surface area (Å²) < 4.78 is 29.2. The van der Waals surface area contributed by atoms with Crippen LogP contribution in [-0.2, 0) is 26.0 Å². The van der Waals surface area contributed by atoms with Gasteiger partial charge in [-0.15, -0.1) is 0 Å². The van der Waals surface area contributed by atoms with Gasteiger partial charge in [0, 0.05) is 69.3 Å². The number of rotatable bonds is 12. The number of urea groups is 1. The van der Waals surface area contributed by atoms with Crippen LogP contribution in [-0.4, -0.2) is 93.1 Å². The van der Waals surface area contributed by atoms with Crippen molar-refractivity contribution in [1.29, 1.82) is 0 Å². The van der Waals surface area contributed by atoms with E-state index in [1.54, 1.807) is 27.0 Å². The molecule has 2 amide bonds. The number of fused-ring (bicyclic) bond motifs is 1. The third-order valence-corrected chi connectivity index (χ3v) is 7.62. The Bertz CT molecular complexity index is 1720. The Labute approximate surface area is 273 Å². The summed E-state index contributed by atoms with van der Waals surface area (Å²) in [6.45, 7) is 6.09. The van der Waals surface area contributed by atoms with Gasteiger partial charge in [0.2, 0.25) is 5.95 Å². The van der Waals surface area contributed by atoms with Gasteiger partial charge in [-0.1, -0.05) is 18.2 Å². The zero-order valence-corrected chi connectivity index (χ0v) is 27.5.